The number of carbonyl (C=O) groups is 1. The monoisotopic (exact) mass is 199 g/mol. The van der Waals surface area contributed by atoms with Crippen molar-refractivity contribution in [1.29, 1.82) is 0 Å². The van der Waals surface area contributed by atoms with E-state index in [9.17, 15) is 4.79 Å². The molecule has 4 heteroatoms. The zero-order valence-electron chi connectivity index (χ0n) is 9.39. The summed E-state index contributed by atoms with van der Waals surface area (Å²) in [5.41, 5.74) is -0.425. The minimum absolute atomic E-state index is 0.209. The van der Waals surface area contributed by atoms with Crippen molar-refractivity contribution in [3.05, 3.63) is 0 Å². The van der Waals surface area contributed by atoms with Gasteiger partial charge in [-0.1, -0.05) is 6.92 Å². The minimum atomic E-state index is -0.425. The molecule has 0 radical (unpaired) electrons. The fraction of sp³-hybridized carbons (Fsp3) is 0.900. The van der Waals surface area contributed by atoms with Gasteiger partial charge in [0.05, 0.1) is 5.54 Å². The van der Waals surface area contributed by atoms with Gasteiger partial charge in [0.25, 0.3) is 0 Å². The van der Waals surface area contributed by atoms with Crippen LogP contribution in [0.3, 0.4) is 0 Å². The molecule has 4 nitrogen and oxygen atoms in total. The molecule has 0 spiro atoms. The average Bonchev–Trinajstić information content (AvgIpc) is 2.18. The van der Waals surface area contributed by atoms with E-state index in [2.05, 4.69) is 10.6 Å². The van der Waals surface area contributed by atoms with E-state index in [0.717, 1.165) is 32.7 Å². The van der Waals surface area contributed by atoms with E-state index in [0.29, 0.717) is 0 Å². The summed E-state index contributed by atoms with van der Waals surface area (Å²) in [6, 6.07) is 0. The van der Waals surface area contributed by atoms with Crippen LogP contribution < -0.4 is 10.6 Å². The lowest BCUT2D eigenvalue weighted by Crippen LogP contribution is -2.58. The number of rotatable bonds is 3. The lowest BCUT2D eigenvalue weighted by molar-refractivity contribution is -0.137. The van der Waals surface area contributed by atoms with E-state index in [1.54, 1.807) is 0 Å². The van der Waals surface area contributed by atoms with Gasteiger partial charge in [0.15, 0.2) is 0 Å². The Balaban J connectivity index is 2.53. The quantitative estimate of drug-likeness (QED) is 0.662. The number of piperazine rings is 1. The highest BCUT2D eigenvalue weighted by molar-refractivity contribution is 5.85. The minimum Gasteiger partial charge on any atom is -0.339 e. The second-order valence-corrected chi connectivity index (χ2v) is 4.20. The van der Waals surface area contributed by atoms with Gasteiger partial charge in [-0.15, -0.1) is 0 Å². The van der Waals surface area contributed by atoms with Crippen molar-refractivity contribution in [3.63, 3.8) is 0 Å². The van der Waals surface area contributed by atoms with E-state index in [4.69, 9.17) is 0 Å². The van der Waals surface area contributed by atoms with Gasteiger partial charge in [-0.25, -0.2) is 0 Å². The van der Waals surface area contributed by atoms with E-state index in [-0.39, 0.29) is 5.91 Å². The van der Waals surface area contributed by atoms with Crippen molar-refractivity contribution in [2.75, 3.05) is 32.7 Å². The molecular weight excluding hydrogens is 178 g/mol. The molecule has 1 heterocycles. The maximum Gasteiger partial charge on any atom is 0.242 e. The molecule has 0 aliphatic carbocycles. The summed E-state index contributed by atoms with van der Waals surface area (Å²) in [5.74, 6) is 0.209. The summed E-state index contributed by atoms with van der Waals surface area (Å²) >= 11 is 0. The van der Waals surface area contributed by atoms with Gasteiger partial charge in [0.2, 0.25) is 5.91 Å². The van der Waals surface area contributed by atoms with Crippen molar-refractivity contribution in [3.8, 4) is 0 Å². The van der Waals surface area contributed by atoms with Crippen molar-refractivity contribution in [2.24, 2.45) is 0 Å². The van der Waals surface area contributed by atoms with Crippen LogP contribution in [0.4, 0.5) is 0 Å². The molecule has 0 aromatic carbocycles. The fourth-order valence-electron chi connectivity index (χ4n) is 1.78. The van der Waals surface area contributed by atoms with Gasteiger partial charge in [0, 0.05) is 26.2 Å². The molecule has 0 aromatic rings. The largest absolute Gasteiger partial charge is 0.339 e. The molecule has 1 aliphatic heterocycles. The van der Waals surface area contributed by atoms with Crippen LogP contribution in [-0.2, 0) is 4.79 Å². The van der Waals surface area contributed by atoms with Crippen molar-refractivity contribution < 1.29 is 4.79 Å². The topological polar surface area (TPSA) is 44.4 Å². The Labute approximate surface area is 86.0 Å². The highest BCUT2D eigenvalue weighted by Gasteiger charge is 2.31. The summed E-state index contributed by atoms with van der Waals surface area (Å²) in [5, 5.41) is 6.45. The number of hydrogen-bond acceptors (Lipinski definition) is 3. The third kappa shape index (κ3) is 2.69. The maximum absolute atomic E-state index is 12.0. The Morgan fingerprint density at radius 1 is 1.43 bits per heavy atom. The van der Waals surface area contributed by atoms with Crippen LogP contribution in [0, 0.1) is 0 Å². The first kappa shape index (κ1) is 11.5. The zero-order chi connectivity index (χ0) is 10.6. The third-order valence-corrected chi connectivity index (χ3v) is 2.56. The molecule has 0 aromatic heterocycles. The van der Waals surface area contributed by atoms with E-state index in [1.807, 2.05) is 25.7 Å². The lowest BCUT2D eigenvalue weighted by atomic mass is 10.0. The maximum atomic E-state index is 12.0. The summed E-state index contributed by atoms with van der Waals surface area (Å²) < 4.78 is 0. The summed E-state index contributed by atoms with van der Waals surface area (Å²) in [7, 11) is 0. The first-order valence-corrected chi connectivity index (χ1v) is 5.33. The predicted octanol–water partition coefficient (Wildman–Crippen LogP) is -0.194. The van der Waals surface area contributed by atoms with Crippen LogP contribution in [0.15, 0.2) is 0 Å². The van der Waals surface area contributed by atoms with Crippen LogP contribution in [0.5, 0.6) is 0 Å². The number of nitrogens with one attached hydrogen (secondary N) is 2. The first-order chi connectivity index (χ1) is 6.58. The van der Waals surface area contributed by atoms with Gasteiger partial charge >= 0.3 is 0 Å². The molecule has 0 unspecified atom stereocenters. The fourth-order valence-corrected chi connectivity index (χ4v) is 1.78. The van der Waals surface area contributed by atoms with Gasteiger partial charge in [0.1, 0.15) is 0 Å². The summed E-state index contributed by atoms with van der Waals surface area (Å²) in [4.78, 5) is 14.0. The Bertz CT molecular complexity index is 198. The van der Waals surface area contributed by atoms with E-state index >= 15 is 0 Å². The van der Waals surface area contributed by atoms with Gasteiger partial charge in [-0.3, -0.25) is 4.79 Å². The molecule has 1 saturated heterocycles. The molecule has 14 heavy (non-hydrogen) atoms. The predicted molar refractivity (Wildman–Crippen MR) is 57.2 cm³/mol. The van der Waals surface area contributed by atoms with Crippen LogP contribution in [0.1, 0.15) is 20.8 Å². The van der Waals surface area contributed by atoms with Crippen LogP contribution in [0.2, 0.25) is 0 Å². The molecule has 0 bridgehead atoms. The normalized spacial score (nSPS) is 18.4. The first-order valence-electron chi connectivity index (χ1n) is 5.33. The molecule has 82 valence electrons. The Kier molecular flexibility index (Phi) is 3.89. The average molecular weight is 199 g/mol. The molecule has 2 N–H and O–H groups in total. The van der Waals surface area contributed by atoms with Crippen molar-refractivity contribution in [1.82, 2.24) is 15.5 Å². The lowest BCUT2D eigenvalue weighted by Gasteiger charge is -2.35. The molecule has 0 atom stereocenters. The Morgan fingerprint density at radius 3 is 2.50 bits per heavy atom. The van der Waals surface area contributed by atoms with Crippen LogP contribution in [0.25, 0.3) is 0 Å². The summed E-state index contributed by atoms with van der Waals surface area (Å²) in [6.07, 6.45) is 0. The number of likely N-dealkylation sites (N-methyl/N-ethyl adjacent to an activating group) is 1. The molecule has 1 amide bonds. The van der Waals surface area contributed by atoms with Crippen molar-refractivity contribution in [2.45, 2.75) is 26.3 Å². The van der Waals surface area contributed by atoms with E-state index in [1.165, 1.54) is 0 Å². The van der Waals surface area contributed by atoms with Crippen molar-refractivity contribution >= 4 is 5.91 Å². The second-order valence-electron chi connectivity index (χ2n) is 4.20. The van der Waals surface area contributed by atoms with Gasteiger partial charge < -0.3 is 15.5 Å². The van der Waals surface area contributed by atoms with E-state index < -0.39 is 5.54 Å². The van der Waals surface area contributed by atoms with Crippen LogP contribution >= 0.6 is 0 Å². The highest BCUT2D eigenvalue weighted by atomic mass is 16.2. The molecular formula is C10H21N3O. The molecule has 1 aliphatic rings. The second kappa shape index (κ2) is 4.75. The molecule has 1 rings (SSSR count). The number of carbonyl (C=O) groups excluding carboxylic acids is 1. The summed E-state index contributed by atoms with van der Waals surface area (Å²) in [6.45, 7) is 10.2. The zero-order valence-corrected chi connectivity index (χ0v) is 9.39. The number of hydrogen-bond donors (Lipinski definition) is 2. The SMILES string of the molecule is CCNC(C)(C)C(=O)N1CCNCC1. The molecule has 1 fully saturated rings. The standard InChI is InChI=1S/C10H21N3O/c1-4-12-10(2,3)9(14)13-7-5-11-6-8-13/h11-12H,4-8H2,1-3H3. The third-order valence-electron chi connectivity index (χ3n) is 2.56. The van der Waals surface area contributed by atoms with Gasteiger partial charge in [-0.2, -0.15) is 0 Å². The van der Waals surface area contributed by atoms with Gasteiger partial charge in [-0.05, 0) is 20.4 Å². The Morgan fingerprint density at radius 2 is 2.00 bits per heavy atom. The number of nitrogens with zero attached hydrogens (tertiary/aromatic N) is 1. The highest BCUT2D eigenvalue weighted by Crippen LogP contribution is 2.08. The smallest absolute Gasteiger partial charge is 0.242 e. The number of amides is 1. The van der Waals surface area contributed by atoms with Crippen LogP contribution in [-0.4, -0.2) is 49.1 Å². The molecule has 0 saturated carbocycles. The Hall–Kier alpha value is -0.610.